The van der Waals surface area contributed by atoms with Crippen LogP contribution in [0.2, 0.25) is 5.02 Å². The number of benzene rings is 1. The molecular weight excluding hydrogens is 368 g/mol. The second kappa shape index (κ2) is 8.43. The van der Waals surface area contributed by atoms with Gasteiger partial charge in [0, 0.05) is 19.1 Å². The largest absolute Gasteiger partial charge is 0.447 e. The monoisotopic (exact) mass is 390 g/mol. The van der Waals surface area contributed by atoms with Crippen LogP contribution in [0.1, 0.15) is 26.7 Å². The molecule has 0 aliphatic carbocycles. The van der Waals surface area contributed by atoms with Gasteiger partial charge in [-0.25, -0.2) is 4.79 Å². The minimum Gasteiger partial charge on any atom is -0.447 e. The molecule has 0 atom stereocenters. The summed E-state index contributed by atoms with van der Waals surface area (Å²) in [7, 11) is 0. The van der Waals surface area contributed by atoms with Crippen LogP contribution in [-0.4, -0.2) is 46.0 Å². The van der Waals surface area contributed by atoms with Crippen molar-refractivity contribution in [1.29, 1.82) is 0 Å². The topological polar surface area (TPSA) is 76.5 Å². The van der Waals surface area contributed by atoms with E-state index in [0.29, 0.717) is 24.5 Å². The molecule has 27 heavy (non-hydrogen) atoms. The Kier molecular flexibility index (Phi) is 6.01. The highest BCUT2D eigenvalue weighted by Crippen LogP contribution is 2.21. The number of aromatic nitrogens is 2. The van der Waals surface area contributed by atoms with E-state index in [1.54, 1.807) is 23.2 Å². The van der Waals surface area contributed by atoms with E-state index in [1.165, 1.54) is 4.68 Å². The fourth-order valence-electron chi connectivity index (χ4n) is 2.99. The van der Waals surface area contributed by atoms with Crippen LogP contribution < -0.4 is 10.9 Å². The quantitative estimate of drug-likeness (QED) is 0.866. The molecule has 1 fully saturated rings. The van der Waals surface area contributed by atoms with E-state index in [1.807, 2.05) is 32.0 Å². The third-order valence-electron chi connectivity index (χ3n) is 4.37. The zero-order valence-electron chi connectivity index (χ0n) is 15.4. The minimum atomic E-state index is -0.370. The molecule has 1 N–H and O–H groups in total. The van der Waals surface area contributed by atoms with Gasteiger partial charge in [-0.1, -0.05) is 29.8 Å². The summed E-state index contributed by atoms with van der Waals surface area (Å²) in [4.78, 5) is 26.2. The number of ether oxygens (including phenoxy) is 1. The predicted octanol–water partition coefficient (Wildman–Crippen LogP) is 3.31. The van der Waals surface area contributed by atoms with Crippen LogP contribution in [0.5, 0.6) is 0 Å². The number of rotatable bonds is 4. The average Bonchev–Trinajstić information content (AvgIpc) is 2.66. The number of likely N-dealkylation sites (tertiary alicyclic amines) is 1. The maximum atomic E-state index is 12.5. The lowest BCUT2D eigenvalue weighted by Gasteiger charge is -2.32. The van der Waals surface area contributed by atoms with E-state index in [4.69, 9.17) is 16.3 Å². The van der Waals surface area contributed by atoms with Crippen molar-refractivity contribution in [2.75, 3.05) is 18.4 Å². The Labute approximate surface area is 162 Å². The van der Waals surface area contributed by atoms with Crippen molar-refractivity contribution in [1.82, 2.24) is 14.7 Å². The number of para-hydroxylation sites is 1. The lowest BCUT2D eigenvalue weighted by molar-refractivity contribution is 0.0701. The molecular formula is C19H23ClN4O3. The van der Waals surface area contributed by atoms with Crippen LogP contribution in [-0.2, 0) is 4.74 Å². The summed E-state index contributed by atoms with van der Waals surface area (Å²) in [6.45, 7) is 4.85. The number of carbonyl (C=O) groups is 1. The molecule has 1 aromatic carbocycles. The van der Waals surface area contributed by atoms with Crippen molar-refractivity contribution in [3.8, 4) is 5.69 Å². The summed E-state index contributed by atoms with van der Waals surface area (Å²) >= 11 is 6.28. The number of nitrogens with zero attached hydrogens (tertiary/aromatic N) is 3. The molecule has 1 aliphatic rings. The summed E-state index contributed by atoms with van der Waals surface area (Å²) in [5.41, 5.74) is 0.802. The van der Waals surface area contributed by atoms with Crippen LogP contribution in [0.25, 0.3) is 5.69 Å². The molecule has 2 heterocycles. The molecule has 3 rings (SSSR count). The smallest absolute Gasteiger partial charge is 0.410 e. The zero-order valence-corrected chi connectivity index (χ0v) is 16.1. The fourth-order valence-corrected chi connectivity index (χ4v) is 3.17. The number of piperidine rings is 1. The number of anilines is 1. The lowest BCUT2D eigenvalue weighted by Crippen LogP contribution is -2.43. The van der Waals surface area contributed by atoms with E-state index in [2.05, 4.69) is 10.4 Å². The number of amides is 1. The van der Waals surface area contributed by atoms with Gasteiger partial charge in [0.15, 0.2) is 0 Å². The predicted molar refractivity (Wildman–Crippen MR) is 105 cm³/mol. The summed E-state index contributed by atoms with van der Waals surface area (Å²) in [5.74, 6) is 0. The van der Waals surface area contributed by atoms with E-state index >= 15 is 0 Å². The number of halogens is 1. The fraction of sp³-hybridized carbons (Fsp3) is 0.421. The average molecular weight is 391 g/mol. The van der Waals surface area contributed by atoms with Gasteiger partial charge in [-0.3, -0.25) is 4.79 Å². The van der Waals surface area contributed by atoms with Crippen molar-refractivity contribution >= 4 is 23.4 Å². The Morgan fingerprint density at radius 3 is 2.56 bits per heavy atom. The SMILES string of the molecule is CC(C)OC(=O)N1CCC(Nc2cnn(-c3ccccc3)c(=O)c2Cl)CC1. The van der Waals surface area contributed by atoms with Crippen molar-refractivity contribution in [3.63, 3.8) is 0 Å². The van der Waals surface area contributed by atoms with Crippen LogP contribution in [0.4, 0.5) is 10.5 Å². The molecule has 0 unspecified atom stereocenters. The van der Waals surface area contributed by atoms with Gasteiger partial charge in [-0.05, 0) is 38.8 Å². The van der Waals surface area contributed by atoms with Gasteiger partial charge in [0.05, 0.1) is 23.7 Å². The second-order valence-corrected chi connectivity index (χ2v) is 7.14. The molecule has 1 amide bonds. The van der Waals surface area contributed by atoms with Gasteiger partial charge in [-0.15, -0.1) is 0 Å². The lowest BCUT2D eigenvalue weighted by atomic mass is 10.1. The van der Waals surface area contributed by atoms with Crippen molar-refractivity contribution < 1.29 is 9.53 Å². The minimum absolute atomic E-state index is 0.107. The Hall–Kier alpha value is -2.54. The van der Waals surface area contributed by atoms with Gasteiger partial charge in [0.2, 0.25) is 0 Å². The number of carbonyl (C=O) groups excluding carboxylic acids is 1. The molecule has 1 aliphatic heterocycles. The first kappa shape index (κ1) is 19.2. The maximum Gasteiger partial charge on any atom is 0.410 e. The van der Waals surface area contributed by atoms with Gasteiger partial charge in [-0.2, -0.15) is 9.78 Å². The van der Waals surface area contributed by atoms with Crippen molar-refractivity contribution in [2.24, 2.45) is 0 Å². The number of nitrogens with one attached hydrogen (secondary N) is 1. The molecule has 2 aromatic rings. The van der Waals surface area contributed by atoms with E-state index in [-0.39, 0.29) is 28.8 Å². The Balaban J connectivity index is 1.65. The van der Waals surface area contributed by atoms with Gasteiger partial charge in [0.25, 0.3) is 5.56 Å². The first-order valence-electron chi connectivity index (χ1n) is 9.01. The van der Waals surface area contributed by atoms with Crippen molar-refractivity contribution in [3.05, 3.63) is 51.9 Å². The Bertz CT molecular complexity index is 846. The van der Waals surface area contributed by atoms with E-state index in [0.717, 1.165) is 12.8 Å². The van der Waals surface area contributed by atoms with Crippen LogP contribution in [0.15, 0.2) is 41.3 Å². The molecule has 1 aromatic heterocycles. The second-order valence-electron chi connectivity index (χ2n) is 6.76. The third kappa shape index (κ3) is 4.60. The van der Waals surface area contributed by atoms with Crippen LogP contribution >= 0.6 is 11.6 Å². The standard InChI is InChI=1S/C19H23ClN4O3/c1-13(2)27-19(26)23-10-8-14(9-11-23)22-16-12-21-24(18(25)17(16)20)15-6-4-3-5-7-15/h3-7,12-14,22H,8-11H2,1-2H3. The summed E-state index contributed by atoms with van der Waals surface area (Å²) in [5, 5.41) is 7.61. The van der Waals surface area contributed by atoms with Crippen LogP contribution in [0, 0.1) is 0 Å². The molecule has 0 radical (unpaired) electrons. The Morgan fingerprint density at radius 1 is 1.26 bits per heavy atom. The molecule has 1 saturated heterocycles. The highest BCUT2D eigenvalue weighted by atomic mass is 35.5. The Morgan fingerprint density at radius 2 is 1.93 bits per heavy atom. The molecule has 0 spiro atoms. The first-order valence-corrected chi connectivity index (χ1v) is 9.39. The van der Waals surface area contributed by atoms with E-state index in [9.17, 15) is 9.59 Å². The van der Waals surface area contributed by atoms with Crippen molar-refractivity contribution in [2.45, 2.75) is 38.8 Å². The van der Waals surface area contributed by atoms with Crippen LogP contribution in [0.3, 0.4) is 0 Å². The number of hydrogen-bond donors (Lipinski definition) is 1. The summed E-state index contributed by atoms with van der Waals surface area (Å²) < 4.78 is 6.50. The maximum absolute atomic E-state index is 12.5. The van der Waals surface area contributed by atoms with Gasteiger partial charge in [0.1, 0.15) is 5.02 Å². The van der Waals surface area contributed by atoms with Gasteiger partial charge >= 0.3 is 6.09 Å². The van der Waals surface area contributed by atoms with Gasteiger partial charge < -0.3 is 15.0 Å². The summed E-state index contributed by atoms with van der Waals surface area (Å²) in [6.07, 6.45) is 2.63. The first-order chi connectivity index (χ1) is 13.0. The highest BCUT2D eigenvalue weighted by Gasteiger charge is 2.25. The normalized spacial score (nSPS) is 15.0. The molecule has 8 heteroatoms. The zero-order chi connectivity index (χ0) is 19.4. The van der Waals surface area contributed by atoms with E-state index < -0.39 is 0 Å². The summed E-state index contributed by atoms with van der Waals surface area (Å²) in [6, 6.07) is 9.24. The molecule has 7 nitrogen and oxygen atoms in total. The number of hydrogen-bond acceptors (Lipinski definition) is 5. The molecule has 144 valence electrons. The third-order valence-corrected chi connectivity index (χ3v) is 4.73. The molecule has 0 bridgehead atoms. The molecule has 0 saturated carbocycles. The highest BCUT2D eigenvalue weighted by molar-refractivity contribution is 6.33.